The summed E-state index contributed by atoms with van der Waals surface area (Å²) < 4.78 is 17.2. The second-order valence-corrected chi connectivity index (χ2v) is 4.92. The van der Waals surface area contributed by atoms with E-state index >= 15 is 0 Å². The second-order valence-electron chi connectivity index (χ2n) is 4.23. The van der Waals surface area contributed by atoms with E-state index < -0.39 is 27.8 Å². The maximum absolute atomic E-state index is 11.4. The van der Waals surface area contributed by atoms with Crippen LogP contribution in [0, 0.1) is 27.8 Å². The molecule has 0 unspecified atom stereocenters. The van der Waals surface area contributed by atoms with Gasteiger partial charge in [0.2, 0.25) is 0 Å². The van der Waals surface area contributed by atoms with E-state index in [9.17, 15) is 10.2 Å². The summed E-state index contributed by atoms with van der Waals surface area (Å²) in [5, 5.41) is 22.8. The van der Waals surface area contributed by atoms with Gasteiger partial charge in [0.05, 0.1) is 13.1 Å². The topological polar surface area (TPSA) is 105 Å². The van der Waals surface area contributed by atoms with Gasteiger partial charge in [0.25, 0.3) is 0 Å². The molecule has 23 heavy (non-hydrogen) atoms. The first-order chi connectivity index (χ1) is 11.2. The summed E-state index contributed by atoms with van der Waals surface area (Å²) in [6.45, 7) is 0.956. The Morgan fingerprint density at radius 2 is 1.13 bits per heavy atom. The van der Waals surface area contributed by atoms with E-state index in [0.29, 0.717) is 24.2 Å². The van der Waals surface area contributed by atoms with Crippen LogP contribution in [0.15, 0.2) is 58.5 Å². The van der Waals surface area contributed by atoms with E-state index in [-0.39, 0.29) is 11.5 Å². The molecular weight excluding hydrogens is 522 g/mol. The van der Waals surface area contributed by atoms with Gasteiger partial charge in [-0.2, -0.15) is 0 Å². The SMILES string of the molecule is [O-]c1ccccc1C=NCCN=Cc1ccccc1[O-].[O]=[U+2]=[O]. The molecule has 0 saturated carbocycles. The van der Waals surface area contributed by atoms with Crippen LogP contribution in [0.5, 0.6) is 11.5 Å². The van der Waals surface area contributed by atoms with Crippen molar-refractivity contribution in [2.75, 3.05) is 13.1 Å². The average molecular weight is 536 g/mol. The standard InChI is InChI=1S/C16H16N2O2.2O.U/c19-15-7-3-1-5-13(15)11-17-9-10-18-12-14-6-2-4-8-16(14)20;;;/h1-8,11-12,19-20H,9-10H2;;;/q;;;+2/p-2. The Morgan fingerprint density at radius 3 is 1.48 bits per heavy atom. The van der Waals surface area contributed by atoms with Crippen LogP contribution in [0.25, 0.3) is 0 Å². The van der Waals surface area contributed by atoms with Gasteiger partial charge in [-0.25, -0.2) is 0 Å². The van der Waals surface area contributed by atoms with E-state index in [1.165, 1.54) is 12.1 Å². The Hall–Kier alpha value is -1.97. The molecule has 7 heteroatoms. The predicted octanol–water partition coefficient (Wildman–Crippen LogP) is 1.13. The van der Waals surface area contributed by atoms with Crippen LogP contribution >= 0.6 is 0 Å². The summed E-state index contributed by atoms with van der Waals surface area (Å²) in [7, 11) is 0. The van der Waals surface area contributed by atoms with Crippen LogP contribution in [-0.2, 0) is 4.47 Å². The second kappa shape index (κ2) is 11.6. The van der Waals surface area contributed by atoms with Gasteiger partial charge in [-0.15, -0.1) is 11.5 Å². The summed E-state index contributed by atoms with van der Waals surface area (Å²) in [6.07, 6.45) is 3.11. The van der Waals surface area contributed by atoms with E-state index in [0.717, 1.165) is 0 Å². The summed E-state index contributed by atoms with van der Waals surface area (Å²) in [4.78, 5) is 8.28. The first-order valence-corrected chi connectivity index (χ1v) is 10.1. The Bertz CT molecular complexity index is 655. The van der Waals surface area contributed by atoms with Crippen LogP contribution in [-0.4, -0.2) is 25.5 Å². The minimum atomic E-state index is -2.51. The van der Waals surface area contributed by atoms with Crippen molar-refractivity contribution >= 4 is 12.4 Å². The zero-order valence-electron chi connectivity index (χ0n) is 12.2. The number of hydrogen-bond donors (Lipinski definition) is 0. The molecule has 2 rings (SSSR count). The molecule has 2 aromatic rings. The minimum absolute atomic E-state index is 0.0416. The molecule has 0 spiro atoms. The molecule has 0 heterocycles. The third-order valence-corrected chi connectivity index (χ3v) is 2.66. The van der Waals surface area contributed by atoms with Crippen LogP contribution in [0.3, 0.4) is 0 Å². The monoisotopic (exact) mass is 536 g/mol. The fraction of sp³-hybridized carbons (Fsp3) is 0.125. The normalized spacial score (nSPS) is 10.3. The Morgan fingerprint density at radius 1 is 0.783 bits per heavy atom. The predicted molar refractivity (Wildman–Crippen MR) is 78.1 cm³/mol. The fourth-order valence-corrected chi connectivity index (χ4v) is 1.62. The fourth-order valence-electron chi connectivity index (χ4n) is 1.62. The van der Waals surface area contributed by atoms with Gasteiger partial charge in [0.1, 0.15) is 0 Å². The van der Waals surface area contributed by atoms with Crippen LogP contribution in [0.1, 0.15) is 11.1 Å². The molecule has 0 atom stereocenters. The molecule has 0 aromatic heterocycles. The molecule has 0 aliphatic carbocycles. The Balaban J connectivity index is 0.000000816. The van der Waals surface area contributed by atoms with Gasteiger partial charge in [-0.3, -0.25) is 9.98 Å². The molecule has 0 bridgehead atoms. The third-order valence-electron chi connectivity index (χ3n) is 2.66. The van der Waals surface area contributed by atoms with Gasteiger partial charge >= 0.3 is 32.3 Å². The molecule has 0 saturated heterocycles. The molecule has 0 fully saturated rings. The van der Waals surface area contributed by atoms with Crippen molar-refractivity contribution in [1.29, 1.82) is 0 Å². The summed E-state index contributed by atoms with van der Waals surface area (Å²) >= 11 is -2.51. The summed E-state index contributed by atoms with van der Waals surface area (Å²) in [5.74, 6) is -0.0833. The maximum atomic E-state index is 11.4. The molecule has 6 nitrogen and oxygen atoms in total. The van der Waals surface area contributed by atoms with Crippen molar-refractivity contribution in [3.8, 4) is 11.5 Å². The number of hydrogen-bond acceptors (Lipinski definition) is 6. The van der Waals surface area contributed by atoms with Crippen molar-refractivity contribution < 1.29 is 42.5 Å². The van der Waals surface area contributed by atoms with Gasteiger partial charge in [0, 0.05) is 12.4 Å². The molecule has 0 aliphatic rings. The van der Waals surface area contributed by atoms with E-state index in [1.54, 1.807) is 48.8 Å². The average Bonchev–Trinajstić information content (AvgIpc) is 2.55. The molecule has 0 radical (unpaired) electrons. The summed E-state index contributed by atoms with van der Waals surface area (Å²) in [6, 6.07) is 13.5. The van der Waals surface area contributed by atoms with Crippen molar-refractivity contribution in [3.63, 3.8) is 0 Å². The van der Waals surface area contributed by atoms with Crippen LogP contribution in [0.2, 0.25) is 0 Å². The van der Waals surface area contributed by atoms with Crippen molar-refractivity contribution in [3.05, 3.63) is 59.7 Å². The molecule has 2 aromatic carbocycles. The van der Waals surface area contributed by atoms with Crippen molar-refractivity contribution in [2.45, 2.75) is 0 Å². The quantitative estimate of drug-likeness (QED) is 0.422. The van der Waals surface area contributed by atoms with Crippen LogP contribution in [0.4, 0.5) is 0 Å². The van der Waals surface area contributed by atoms with E-state index in [2.05, 4.69) is 9.98 Å². The molecule has 0 N–H and O–H groups in total. The first-order valence-electron chi connectivity index (χ1n) is 6.70. The number of aliphatic imine (C=N–C) groups is 2. The summed E-state index contributed by atoms with van der Waals surface area (Å²) in [5.41, 5.74) is 1.14. The van der Waals surface area contributed by atoms with Crippen molar-refractivity contribution in [1.82, 2.24) is 0 Å². The van der Waals surface area contributed by atoms with E-state index in [4.69, 9.17) is 4.47 Å². The molecule has 116 valence electrons. The Kier molecular flexibility index (Phi) is 9.61. The van der Waals surface area contributed by atoms with Gasteiger partial charge in [0.15, 0.2) is 0 Å². The van der Waals surface area contributed by atoms with Crippen molar-refractivity contribution in [2.24, 2.45) is 9.98 Å². The third kappa shape index (κ3) is 7.73. The Labute approximate surface area is 148 Å². The number of para-hydroxylation sites is 2. The number of nitrogens with zero attached hydrogens (tertiary/aromatic N) is 2. The van der Waals surface area contributed by atoms with Crippen LogP contribution < -0.4 is 10.2 Å². The van der Waals surface area contributed by atoms with E-state index in [1.807, 2.05) is 0 Å². The van der Waals surface area contributed by atoms with Gasteiger partial charge in [-0.05, 0) is 11.1 Å². The number of benzene rings is 2. The molecule has 0 aliphatic heterocycles. The van der Waals surface area contributed by atoms with Gasteiger partial charge < -0.3 is 10.2 Å². The molecule has 0 amide bonds. The molecular formula is C16H14N2O4U. The zero-order valence-corrected chi connectivity index (χ0v) is 16.4. The first kappa shape index (κ1) is 19.1. The van der Waals surface area contributed by atoms with Gasteiger partial charge in [-0.1, -0.05) is 48.5 Å². The zero-order chi connectivity index (χ0) is 16.9. The number of rotatable bonds is 5.